The van der Waals surface area contributed by atoms with Gasteiger partial charge in [0.1, 0.15) is 0 Å². The van der Waals surface area contributed by atoms with E-state index >= 15 is 0 Å². The Labute approximate surface area is 84.9 Å². The van der Waals surface area contributed by atoms with Gasteiger partial charge in [-0.1, -0.05) is 11.6 Å². The zero-order valence-corrected chi connectivity index (χ0v) is 8.82. The number of aryl methyl sites for hydroxylation is 1. The van der Waals surface area contributed by atoms with E-state index in [-0.39, 0.29) is 0 Å². The third-order valence-electron chi connectivity index (χ3n) is 2.75. The summed E-state index contributed by atoms with van der Waals surface area (Å²) in [5.41, 5.74) is 1.00. The minimum atomic E-state index is 0.973. The average Bonchev–Trinajstić information content (AvgIpc) is 2.63. The van der Waals surface area contributed by atoms with Crippen molar-refractivity contribution in [2.24, 2.45) is 0 Å². The Morgan fingerprint density at radius 3 is 2.64 bits per heavy atom. The van der Waals surface area contributed by atoms with Crippen LogP contribution in [-0.4, -0.2) is 39.5 Å². The molecule has 2 rings (SSSR count). The normalized spacial score (nSPS) is 18.6. The number of aromatic nitrogens is 3. The van der Waals surface area contributed by atoms with Crippen molar-refractivity contribution in [1.82, 2.24) is 19.9 Å². The van der Waals surface area contributed by atoms with Crippen molar-refractivity contribution in [3.05, 3.63) is 11.9 Å². The van der Waals surface area contributed by atoms with Crippen LogP contribution in [0, 0.1) is 6.92 Å². The van der Waals surface area contributed by atoms with Crippen LogP contribution < -0.4 is 0 Å². The van der Waals surface area contributed by atoms with Gasteiger partial charge in [0.05, 0.1) is 12.2 Å². The average molecular weight is 194 g/mol. The van der Waals surface area contributed by atoms with Crippen molar-refractivity contribution < 1.29 is 0 Å². The lowest BCUT2D eigenvalue weighted by Gasteiger charge is -2.25. The van der Waals surface area contributed by atoms with Crippen LogP contribution in [0.4, 0.5) is 0 Å². The van der Waals surface area contributed by atoms with Crippen molar-refractivity contribution in [1.29, 1.82) is 0 Å². The Morgan fingerprint density at radius 2 is 2.00 bits per heavy atom. The molecule has 1 saturated heterocycles. The maximum Gasteiger partial charge on any atom is 0.0796 e. The molecular weight excluding hydrogens is 176 g/mol. The fourth-order valence-electron chi connectivity index (χ4n) is 1.93. The first-order chi connectivity index (χ1) is 6.84. The van der Waals surface area contributed by atoms with Gasteiger partial charge in [0.25, 0.3) is 0 Å². The van der Waals surface area contributed by atoms with Gasteiger partial charge in [-0.25, -0.2) is 0 Å². The monoisotopic (exact) mass is 194 g/mol. The highest BCUT2D eigenvalue weighted by Crippen LogP contribution is 2.08. The summed E-state index contributed by atoms with van der Waals surface area (Å²) in [7, 11) is 0. The third-order valence-corrected chi connectivity index (χ3v) is 2.75. The molecule has 0 amide bonds. The van der Waals surface area contributed by atoms with E-state index in [4.69, 9.17) is 0 Å². The van der Waals surface area contributed by atoms with Gasteiger partial charge in [-0.15, -0.1) is 5.10 Å². The number of likely N-dealkylation sites (tertiary alicyclic amines) is 1. The summed E-state index contributed by atoms with van der Waals surface area (Å²) >= 11 is 0. The van der Waals surface area contributed by atoms with E-state index in [1.54, 1.807) is 0 Å². The van der Waals surface area contributed by atoms with Crippen molar-refractivity contribution in [2.75, 3.05) is 19.6 Å². The van der Waals surface area contributed by atoms with Crippen molar-refractivity contribution in [2.45, 2.75) is 32.7 Å². The zero-order chi connectivity index (χ0) is 9.80. The molecule has 1 fully saturated rings. The van der Waals surface area contributed by atoms with E-state index in [1.807, 2.05) is 17.8 Å². The summed E-state index contributed by atoms with van der Waals surface area (Å²) < 4.78 is 1.93. The van der Waals surface area contributed by atoms with Crippen LogP contribution in [0.15, 0.2) is 6.20 Å². The fourth-order valence-corrected chi connectivity index (χ4v) is 1.93. The summed E-state index contributed by atoms with van der Waals surface area (Å²) in [6, 6.07) is 0. The topological polar surface area (TPSA) is 34.0 Å². The maximum atomic E-state index is 4.04. The summed E-state index contributed by atoms with van der Waals surface area (Å²) in [4.78, 5) is 2.51. The molecule has 0 unspecified atom stereocenters. The Morgan fingerprint density at radius 1 is 1.21 bits per heavy atom. The van der Waals surface area contributed by atoms with E-state index in [2.05, 4.69) is 15.2 Å². The van der Waals surface area contributed by atoms with Crippen molar-refractivity contribution in [3.63, 3.8) is 0 Å². The van der Waals surface area contributed by atoms with E-state index in [0.717, 1.165) is 18.8 Å². The first-order valence-corrected chi connectivity index (χ1v) is 5.44. The lowest BCUT2D eigenvalue weighted by atomic mass is 10.1. The molecule has 1 aromatic heterocycles. The van der Waals surface area contributed by atoms with E-state index in [1.165, 1.54) is 32.4 Å². The second-order valence-corrected chi connectivity index (χ2v) is 4.03. The van der Waals surface area contributed by atoms with Gasteiger partial charge in [0.15, 0.2) is 0 Å². The molecule has 1 aliphatic rings. The van der Waals surface area contributed by atoms with Crippen LogP contribution in [0.3, 0.4) is 0 Å². The van der Waals surface area contributed by atoms with Gasteiger partial charge in [0.2, 0.25) is 0 Å². The molecule has 1 aromatic rings. The zero-order valence-electron chi connectivity index (χ0n) is 8.82. The Bertz CT molecular complexity index is 275. The third kappa shape index (κ3) is 2.54. The second kappa shape index (κ2) is 4.55. The smallest absolute Gasteiger partial charge is 0.0796 e. The number of nitrogens with zero attached hydrogens (tertiary/aromatic N) is 4. The van der Waals surface area contributed by atoms with Crippen LogP contribution in [0.2, 0.25) is 0 Å². The Balaban J connectivity index is 1.76. The predicted octanol–water partition coefficient (Wildman–Crippen LogP) is 1.07. The highest BCUT2D eigenvalue weighted by atomic mass is 15.4. The number of hydrogen-bond acceptors (Lipinski definition) is 3. The largest absolute Gasteiger partial charge is 0.301 e. The van der Waals surface area contributed by atoms with Crippen LogP contribution in [0.5, 0.6) is 0 Å². The van der Waals surface area contributed by atoms with Crippen molar-refractivity contribution >= 4 is 0 Å². The Hall–Kier alpha value is -0.900. The van der Waals surface area contributed by atoms with Gasteiger partial charge in [-0.3, -0.25) is 4.68 Å². The quantitative estimate of drug-likeness (QED) is 0.722. The molecule has 4 nitrogen and oxygen atoms in total. The predicted molar refractivity (Wildman–Crippen MR) is 55.1 cm³/mol. The van der Waals surface area contributed by atoms with Crippen LogP contribution in [0.1, 0.15) is 25.0 Å². The van der Waals surface area contributed by atoms with Gasteiger partial charge in [-0.2, -0.15) is 0 Å². The molecule has 0 radical (unpaired) electrons. The molecule has 4 heteroatoms. The summed E-state index contributed by atoms with van der Waals surface area (Å²) in [5, 5.41) is 8.01. The standard InChI is InChI=1S/C10H18N4/c1-10-9-14(12-11-10)8-7-13-5-3-2-4-6-13/h9H,2-8H2,1H3. The summed E-state index contributed by atoms with van der Waals surface area (Å²) in [6.45, 7) is 6.58. The van der Waals surface area contributed by atoms with Crippen LogP contribution in [0.25, 0.3) is 0 Å². The lowest BCUT2D eigenvalue weighted by Crippen LogP contribution is -2.32. The molecule has 0 spiro atoms. The molecule has 14 heavy (non-hydrogen) atoms. The molecule has 0 N–H and O–H groups in total. The highest BCUT2D eigenvalue weighted by molar-refractivity contribution is 4.86. The minimum Gasteiger partial charge on any atom is -0.301 e. The fraction of sp³-hybridized carbons (Fsp3) is 0.800. The van der Waals surface area contributed by atoms with Crippen LogP contribution >= 0.6 is 0 Å². The van der Waals surface area contributed by atoms with Crippen molar-refractivity contribution in [3.8, 4) is 0 Å². The molecule has 0 aromatic carbocycles. The molecule has 78 valence electrons. The SMILES string of the molecule is Cc1cn(CCN2CCCCC2)nn1. The molecule has 1 aliphatic heterocycles. The van der Waals surface area contributed by atoms with E-state index in [0.29, 0.717) is 0 Å². The first-order valence-electron chi connectivity index (χ1n) is 5.44. The number of hydrogen-bond donors (Lipinski definition) is 0. The molecular formula is C10H18N4. The highest BCUT2D eigenvalue weighted by Gasteiger charge is 2.09. The van der Waals surface area contributed by atoms with Gasteiger partial charge in [0, 0.05) is 12.7 Å². The molecule has 0 bridgehead atoms. The molecule has 2 heterocycles. The van der Waals surface area contributed by atoms with E-state index < -0.39 is 0 Å². The molecule has 0 saturated carbocycles. The summed E-state index contributed by atoms with van der Waals surface area (Å²) in [6.07, 6.45) is 6.12. The Kier molecular flexibility index (Phi) is 3.14. The number of piperidine rings is 1. The first kappa shape index (κ1) is 9.65. The van der Waals surface area contributed by atoms with Gasteiger partial charge >= 0.3 is 0 Å². The maximum absolute atomic E-state index is 4.04. The molecule has 0 aliphatic carbocycles. The number of rotatable bonds is 3. The molecule has 0 atom stereocenters. The minimum absolute atomic E-state index is 0.973. The van der Waals surface area contributed by atoms with E-state index in [9.17, 15) is 0 Å². The van der Waals surface area contributed by atoms with Crippen LogP contribution in [-0.2, 0) is 6.54 Å². The van der Waals surface area contributed by atoms with Gasteiger partial charge < -0.3 is 4.90 Å². The summed E-state index contributed by atoms with van der Waals surface area (Å²) in [5.74, 6) is 0. The van der Waals surface area contributed by atoms with Gasteiger partial charge in [-0.05, 0) is 32.9 Å². The lowest BCUT2D eigenvalue weighted by molar-refractivity contribution is 0.217. The second-order valence-electron chi connectivity index (χ2n) is 4.03.